The van der Waals surface area contributed by atoms with Crippen molar-refractivity contribution in [3.05, 3.63) is 89.5 Å². The Morgan fingerprint density at radius 3 is 1.70 bits per heavy atom. The summed E-state index contributed by atoms with van der Waals surface area (Å²) in [6.45, 7) is 0. The molecule has 0 aliphatic rings. The fourth-order valence-corrected chi connectivity index (χ4v) is 4.10. The van der Waals surface area contributed by atoms with Crippen molar-refractivity contribution < 1.29 is 31.1 Å². The summed E-state index contributed by atoms with van der Waals surface area (Å²) in [6, 6.07) is 16.9. The molecule has 0 heterocycles. The van der Waals surface area contributed by atoms with Crippen molar-refractivity contribution in [2.24, 2.45) is 0 Å². The Kier molecular flexibility index (Phi) is 7.58. The first kappa shape index (κ1) is 24.2. The van der Waals surface area contributed by atoms with Crippen LogP contribution in [-0.4, -0.2) is 24.4 Å². The Labute approximate surface area is 182 Å². The molecule has 0 bridgehead atoms. The molecule has 152 valence electrons. The normalized spacial score (nSPS) is 12.1. The molecule has 3 aromatic rings. The van der Waals surface area contributed by atoms with Crippen LogP contribution in [0.4, 0.5) is 26.3 Å². The predicted molar refractivity (Wildman–Crippen MR) is 108 cm³/mol. The maximum absolute atomic E-state index is 13.3. The van der Waals surface area contributed by atoms with Crippen molar-refractivity contribution in [2.45, 2.75) is 12.4 Å². The average molecular weight is 434 g/mol. The van der Waals surface area contributed by atoms with Gasteiger partial charge in [0.1, 0.15) is 0 Å². The van der Waals surface area contributed by atoms with E-state index in [1.807, 2.05) is 0 Å². The molecule has 1 nitrogen and oxygen atoms in total. The summed E-state index contributed by atoms with van der Waals surface area (Å²) < 4.78 is 80.1. The fraction of sp³-hybridized carbons (Fsp3) is 0.0952. The van der Waals surface area contributed by atoms with Crippen LogP contribution in [0.3, 0.4) is 0 Å². The third-order valence-electron chi connectivity index (χ3n) is 4.16. The number of carbonyl (C=O) groups excluding carboxylic acids is 1. The maximum atomic E-state index is 13.3. The molecule has 0 radical (unpaired) electrons. The van der Waals surface area contributed by atoms with E-state index < -0.39 is 43.1 Å². The van der Waals surface area contributed by atoms with Crippen LogP contribution in [0.2, 0.25) is 0 Å². The SMILES string of the molecule is O=C(Pc1ccccc1-c1ccccc1)c1c(C(F)(F)F)cccc1C(F)(F)F.[LiH]. The molecule has 3 rings (SSSR count). The molecular formula is C21H14F6LiOP. The Bertz CT molecular complexity index is 999. The molecule has 3 aromatic carbocycles. The van der Waals surface area contributed by atoms with Crippen LogP contribution in [0.15, 0.2) is 72.8 Å². The summed E-state index contributed by atoms with van der Waals surface area (Å²) in [5, 5.41) is 0.369. The zero-order valence-corrected chi connectivity index (χ0v) is 15.6. The number of halogens is 6. The van der Waals surface area contributed by atoms with E-state index in [0.29, 0.717) is 34.6 Å². The van der Waals surface area contributed by atoms with Crippen LogP contribution in [0.25, 0.3) is 11.1 Å². The second-order valence-corrected chi connectivity index (χ2v) is 7.33. The Morgan fingerprint density at radius 1 is 0.667 bits per heavy atom. The van der Waals surface area contributed by atoms with Gasteiger partial charge in [-0.05, 0) is 37.1 Å². The summed E-state index contributed by atoms with van der Waals surface area (Å²) in [6.07, 6.45) is -10.2. The van der Waals surface area contributed by atoms with Gasteiger partial charge in [-0.1, -0.05) is 60.7 Å². The second kappa shape index (κ2) is 9.39. The third kappa shape index (κ3) is 5.34. The van der Waals surface area contributed by atoms with Gasteiger partial charge in [0, 0.05) is 5.56 Å². The number of hydrogen-bond acceptors (Lipinski definition) is 1. The molecule has 1 unspecified atom stereocenters. The van der Waals surface area contributed by atoms with Gasteiger partial charge in [0.25, 0.3) is 0 Å². The molecule has 0 saturated carbocycles. The Morgan fingerprint density at radius 2 is 1.17 bits per heavy atom. The quantitative estimate of drug-likeness (QED) is 0.285. The minimum absolute atomic E-state index is 0. The van der Waals surface area contributed by atoms with Gasteiger partial charge < -0.3 is 0 Å². The number of hydrogen-bond donors (Lipinski definition) is 0. The third-order valence-corrected chi connectivity index (χ3v) is 5.34. The molecule has 9 heteroatoms. The molecular weight excluding hydrogens is 420 g/mol. The predicted octanol–water partition coefficient (Wildman–Crippen LogP) is 5.89. The van der Waals surface area contributed by atoms with Crippen LogP contribution < -0.4 is 5.30 Å². The first-order chi connectivity index (χ1) is 13.6. The molecule has 0 saturated heterocycles. The molecule has 1 atom stereocenters. The summed E-state index contributed by atoms with van der Waals surface area (Å²) >= 11 is 0. The second-order valence-electron chi connectivity index (χ2n) is 6.09. The van der Waals surface area contributed by atoms with Gasteiger partial charge in [-0.25, -0.2) is 0 Å². The average Bonchev–Trinajstić information content (AvgIpc) is 2.67. The monoisotopic (exact) mass is 434 g/mol. The van der Waals surface area contributed by atoms with E-state index in [4.69, 9.17) is 0 Å². The van der Waals surface area contributed by atoms with Gasteiger partial charge in [0.15, 0.2) is 5.52 Å². The topological polar surface area (TPSA) is 17.1 Å². The molecule has 0 aliphatic carbocycles. The van der Waals surface area contributed by atoms with E-state index in [2.05, 4.69) is 0 Å². The molecule has 0 amide bonds. The van der Waals surface area contributed by atoms with Gasteiger partial charge in [-0.15, -0.1) is 0 Å². The first-order valence-electron chi connectivity index (χ1n) is 8.32. The van der Waals surface area contributed by atoms with Gasteiger partial charge in [0.2, 0.25) is 0 Å². The Balaban J connectivity index is 0.00000320. The van der Waals surface area contributed by atoms with E-state index in [1.165, 1.54) is 6.07 Å². The molecule has 0 aliphatic heterocycles. The van der Waals surface area contributed by atoms with Crippen LogP contribution in [-0.2, 0) is 12.4 Å². The van der Waals surface area contributed by atoms with Crippen molar-refractivity contribution in [1.29, 1.82) is 0 Å². The molecule has 0 fully saturated rings. The van der Waals surface area contributed by atoms with Gasteiger partial charge in [0.05, 0.1) is 11.1 Å². The molecule has 0 N–H and O–H groups in total. The van der Waals surface area contributed by atoms with E-state index in [-0.39, 0.29) is 18.9 Å². The summed E-state index contributed by atoms with van der Waals surface area (Å²) in [7, 11) is -0.908. The number of carbonyl (C=O) groups is 1. The first-order valence-corrected chi connectivity index (χ1v) is 9.32. The van der Waals surface area contributed by atoms with E-state index in [1.54, 1.807) is 48.5 Å². The fourth-order valence-electron chi connectivity index (χ4n) is 2.92. The number of benzene rings is 3. The van der Waals surface area contributed by atoms with Gasteiger partial charge in [-0.3, -0.25) is 4.79 Å². The molecule has 0 aromatic heterocycles. The summed E-state index contributed by atoms with van der Waals surface area (Å²) in [5.41, 5.74) is -4.42. The zero-order chi connectivity index (χ0) is 21.2. The minimum atomic E-state index is -5.09. The molecule has 0 spiro atoms. The van der Waals surface area contributed by atoms with Crippen molar-refractivity contribution in [3.63, 3.8) is 0 Å². The summed E-state index contributed by atoms with van der Waals surface area (Å²) in [5.74, 6) is 0. The standard InChI is InChI=1S/C21H13F6OP.Li.H/c22-20(23,24)15-10-6-11-16(21(25,26)27)18(15)19(28)29-17-12-5-4-9-14(17)13-7-2-1-3-8-13;;/h1-12,29H;;. The van der Waals surface area contributed by atoms with Crippen LogP contribution in [0, 0.1) is 0 Å². The van der Waals surface area contributed by atoms with Crippen LogP contribution in [0.5, 0.6) is 0 Å². The zero-order valence-electron chi connectivity index (χ0n) is 14.6. The van der Waals surface area contributed by atoms with Crippen molar-refractivity contribution >= 4 is 38.3 Å². The molecule has 30 heavy (non-hydrogen) atoms. The number of alkyl halides is 6. The van der Waals surface area contributed by atoms with E-state index >= 15 is 0 Å². The van der Waals surface area contributed by atoms with Crippen molar-refractivity contribution in [3.8, 4) is 11.1 Å². The Hall–Kier alpha value is -2.06. The van der Waals surface area contributed by atoms with E-state index in [0.717, 1.165) is 0 Å². The van der Waals surface area contributed by atoms with Gasteiger partial charge in [-0.2, -0.15) is 26.3 Å². The van der Waals surface area contributed by atoms with Crippen molar-refractivity contribution in [2.75, 3.05) is 0 Å². The van der Waals surface area contributed by atoms with Gasteiger partial charge >= 0.3 is 31.2 Å². The van der Waals surface area contributed by atoms with E-state index in [9.17, 15) is 31.1 Å². The van der Waals surface area contributed by atoms with Crippen molar-refractivity contribution in [1.82, 2.24) is 0 Å². The van der Waals surface area contributed by atoms with Crippen LogP contribution in [0.1, 0.15) is 21.5 Å². The van der Waals surface area contributed by atoms with Crippen LogP contribution >= 0.6 is 8.58 Å². The summed E-state index contributed by atoms with van der Waals surface area (Å²) in [4.78, 5) is 12.7. The number of rotatable bonds is 4.